The van der Waals surface area contributed by atoms with E-state index in [2.05, 4.69) is 80.6 Å². The first-order valence-electron chi connectivity index (χ1n) is 10.1. The number of hydrogen-bond donors (Lipinski definition) is 0. The van der Waals surface area contributed by atoms with Crippen LogP contribution in [0.25, 0.3) is 17.0 Å². The lowest BCUT2D eigenvalue weighted by atomic mass is 9.69. The first kappa shape index (κ1) is 19.2. The smallest absolute Gasteiger partial charge is 0.265 e. The minimum absolute atomic E-state index is 0.0360. The number of hydrogen-bond acceptors (Lipinski definition) is 4. The fraction of sp³-hybridized carbons (Fsp3) is 0.500. The van der Waals surface area contributed by atoms with Crippen molar-refractivity contribution in [2.24, 2.45) is 0 Å². The predicted molar refractivity (Wildman–Crippen MR) is 115 cm³/mol. The molecular formula is C22H28N4OS. The van der Waals surface area contributed by atoms with Gasteiger partial charge in [0.25, 0.3) is 5.56 Å². The Labute approximate surface area is 170 Å². The number of aromatic nitrogens is 4. The van der Waals surface area contributed by atoms with Gasteiger partial charge in [-0.3, -0.25) is 4.79 Å². The van der Waals surface area contributed by atoms with Crippen molar-refractivity contribution in [1.29, 1.82) is 0 Å². The molecule has 0 saturated carbocycles. The molecule has 0 unspecified atom stereocenters. The zero-order chi connectivity index (χ0) is 20.2. The molecule has 148 valence electrons. The van der Waals surface area contributed by atoms with Gasteiger partial charge in [-0.25, -0.2) is 4.40 Å². The molecule has 1 aromatic carbocycles. The van der Waals surface area contributed by atoms with Crippen molar-refractivity contribution in [3.05, 3.63) is 45.7 Å². The molecule has 0 bridgehead atoms. The van der Waals surface area contributed by atoms with Crippen molar-refractivity contribution in [3.63, 3.8) is 0 Å². The average molecular weight is 397 g/mol. The van der Waals surface area contributed by atoms with E-state index in [-0.39, 0.29) is 17.0 Å². The van der Waals surface area contributed by atoms with Gasteiger partial charge in [-0.15, -0.1) is 10.2 Å². The second-order valence-corrected chi connectivity index (χ2v) is 10.1. The third-order valence-electron chi connectivity index (χ3n) is 5.82. The molecule has 1 aliphatic rings. The lowest BCUT2D eigenvalue weighted by molar-refractivity contribution is 0.431. The van der Waals surface area contributed by atoms with Gasteiger partial charge < -0.3 is 4.57 Å². The first-order chi connectivity index (χ1) is 13.3. The van der Waals surface area contributed by atoms with E-state index in [0.717, 1.165) is 29.7 Å². The van der Waals surface area contributed by atoms with Crippen molar-refractivity contribution in [3.8, 4) is 11.3 Å². The van der Waals surface area contributed by atoms with Gasteiger partial charge in [0.2, 0.25) is 5.78 Å². The fourth-order valence-corrected chi connectivity index (χ4v) is 5.11. The summed E-state index contributed by atoms with van der Waals surface area (Å²) < 4.78 is 3.95. The quantitative estimate of drug-likeness (QED) is 0.591. The average Bonchev–Trinajstić information content (AvgIpc) is 3.04. The van der Waals surface area contributed by atoms with Gasteiger partial charge in [0, 0.05) is 27.8 Å². The summed E-state index contributed by atoms with van der Waals surface area (Å²) in [5.74, 6) is 0.636. The van der Waals surface area contributed by atoms with Gasteiger partial charge in [0.15, 0.2) is 5.16 Å². The largest absolute Gasteiger partial charge is 0.307 e. The summed E-state index contributed by atoms with van der Waals surface area (Å²) in [5, 5.41) is 9.87. The Kier molecular flexibility index (Phi) is 4.65. The summed E-state index contributed by atoms with van der Waals surface area (Å²) >= 11 is 1.59. The highest BCUT2D eigenvalue weighted by Gasteiger charge is 2.39. The third-order valence-corrected chi connectivity index (χ3v) is 6.77. The van der Waals surface area contributed by atoms with Crippen LogP contribution >= 0.6 is 11.8 Å². The molecular weight excluding hydrogens is 368 g/mol. The van der Waals surface area contributed by atoms with Crippen LogP contribution in [0.15, 0.2) is 34.2 Å². The van der Waals surface area contributed by atoms with Crippen LogP contribution in [0.4, 0.5) is 0 Å². The van der Waals surface area contributed by atoms with Crippen molar-refractivity contribution in [2.75, 3.05) is 0 Å². The van der Waals surface area contributed by atoms with Crippen LogP contribution in [-0.2, 0) is 11.8 Å². The molecule has 2 heterocycles. The zero-order valence-corrected chi connectivity index (χ0v) is 18.3. The number of benzene rings is 1. The van der Waals surface area contributed by atoms with Gasteiger partial charge in [0.05, 0.1) is 5.69 Å². The molecule has 2 aromatic heterocycles. The summed E-state index contributed by atoms with van der Waals surface area (Å²) in [6.45, 7) is 12.9. The van der Waals surface area contributed by atoms with Gasteiger partial charge in [-0.2, -0.15) is 0 Å². The minimum Gasteiger partial charge on any atom is -0.307 e. The second kappa shape index (κ2) is 6.76. The predicted octanol–water partition coefficient (Wildman–Crippen LogP) is 4.86. The molecule has 0 radical (unpaired) electrons. The molecule has 6 heteroatoms. The highest BCUT2D eigenvalue weighted by molar-refractivity contribution is 7.99. The summed E-state index contributed by atoms with van der Waals surface area (Å²) in [4.78, 5) is 13.9. The minimum atomic E-state index is -0.213. The van der Waals surface area contributed by atoms with Crippen LogP contribution in [0.1, 0.15) is 65.1 Å². The summed E-state index contributed by atoms with van der Waals surface area (Å²) in [6, 6.07) is 8.63. The van der Waals surface area contributed by atoms with E-state index >= 15 is 0 Å². The highest BCUT2D eigenvalue weighted by atomic mass is 32.2. The summed E-state index contributed by atoms with van der Waals surface area (Å²) in [5.41, 5.74) is 4.20. The monoisotopic (exact) mass is 396 g/mol. The van der Waals surface area contributed by atoms with E-state index in [0.29, 0.717) is 16.2 Å². The topological polar surface area (TPSA) is 52.2 Å². The van der Waals surface area contributed by atoms with Gasteiger partial charge in [-0.05, 0) is 32.3 Å². The van der Waals surface area contributed by atoms with Crippen molar-refractivity contribution in [2.45, 2.75) is 76.2 Å². The Bertz CT molecular complexity index is 1110. The molecule has 1 aliphatic carbocycles. The van der Waals surface area contributed by atoms with E-state index in [1.165, 1.54) is 5.56 Å². The highest BCUT2D eigenvalue weighted by Crippen LogP contribution is 2.44. The lowest BCUT2D eigenvalue weighted by Gasteiger charge is -2.37. The summed E-state index contributed by atoms with van der Waals surface area (Å²) in [6.07, 6.45) is 1.78. The molecule has 28 heavy (non-hydrogen) atoms. The Balaban J connectivity index is 2.21. The molecule has 0 spiro atoms. The van der Waals surface area contributed by atoms with Gasteiger partial charge >= 0.3 is 0 Å². The second-order valence-electron chi connectivity index (χ2n) is 8.53. The standard InChI is InChI=1S/C22H28N4OS/c1-7-22(6)12-15-10-8-9-11-16(15)18-17(22)19(27)26-20(25(18)13(2)3)23-24-21(26)28-14(4)5/h8-11,13-14H,7,12H2,1-6H3/t22-/m0/s1. The van der Waals surface area contributed by atoms with E-state index in [1.54, 1.807) is 16.2 Å². The van der Waals surface area contributed by atoms with Crippen LogP contribution in [0, 0.1) is 0 Å². The van der Waals surface area contributed by atoms with Crippen molar-refractivity contribution >= 4 is 17.5 Å². The molecule has 0 fully saturated rings. The first-order valence-corrected chi connectivity index (χ1v) is 11.0. The van der Waals surface area contributed by atoms with Crippen molar-refractivity contribution in [1.82, 2.24) is 19.2 Å². The summed E-state index contributed by atoms with van der Waals surface area (Å²) in [7, 11) is 0. The maximum atomic E-state index is 13.9. The third kappa shape index (κ3) is 2.72. The zero-order valence-electron chi connectivity index (χ0n) is 17.5. The SMILES string of the molecule is CC[C@@]1(C)Cc2ccccc2-c2c1c(=O)n1c(SC(C)C)nnc1n2C(C)C. The Hall–Kier alpha value is -2.08. The lowest BCUT2D eigenvalue weighted by Crippen LogP contribution is -2.39. The molecule has 3 aromatic rings. The van der Waals surface area contributed by atoms with Gasteiger partial charge in [-0.1, -0.05) is 63.7 Å². The number of nitrogens with zero attached hydrogens (tertiary/aromatic N) is 4. The molecule has 0 saturated heterocycles. The Morgan fingerprint density at radius 1 is 1.18 bits per heavy atom. The number of thioether (sulfide) groups is 1. The van der Waals surface area contributed by atoms with E-state index in [4.69, 9.17) is 0 Å². The van der Waals surface area contributed by atoms with Crippen LogP contribution in [0.2, 0.25) is 0 Å². The Morgan fingerprint density at radius 3 is 2.54 bits per heavy atom. The molecule has 0 N–H and O–H groups in total. The fourth-order valence-electron chi connectivity index (χ4n) is 4.33. The van der Waals surface area contributed by atoms with Crippen molar-refractivity contribution < 1.29 is 0 Å². The number of rotatable bonds is 4. The van der Waals surface area contributed by atoms with Crippen LogP contribution in [-0.4, -0.2) is 24.4 Å². The molecule has 1 atom stereocenters. The normalized spacial score (nSPS) is 18.7. The van der Waals surface area contributed by atoms with E-state index in [1.807, 2.05) is 0 Å². The Morgan fingerprint density at radius 2 is 1.89 bits per heavy atom. The van der Waals surface area contributed by atoms with E-state index < -0.39 is 0 Å². The van der Waals surface area contributed by atoms with E-state index in [9.17, 15) is 4.79 Å². The van der Waals surface area contributed by atoms with Crippen LogP contribution in [0.5, 0.6) is 0 Å². The molecule has 0 amide bonds. The maximum Gasteiger partial charge on any atom is 0.265 e. The molecule has 4 rings (SSSR count). The van der Waals surface area contributed by atoms with Gasteiger partial charge in [0.1, 0.15) is 0 Å². The molecule has 0 aliphatic heterocycles. The maximum absolute atomic E-state index is 13.9. The number of fused-ring (bicyclic) bond motifs is 4. The van der Waals surface area contributed by atoms with Crippen LogP contribution in [0.3, 0.4) is 0 Å². The molecule has 5 nitrogen and oxygen atoms in total. The van der Waals surface area contributed by atoms with Crippen LogP contribution < -0.4 is 5.56 Å².